The van der Waals surface area contributed by atoms with Crippen molar-refractivity contribution in [3.05, 3.63) is 5.21 Å². The molecular weight excluding hydrogens is 140 g/mol. The molecule has 0 amide bonds. The molecule has 0 radical (unpaired) electrons. The van der Waals surface area contributed by atoms with Crippen LogP contribution in [0.4, 0.5) is 0 Å². The highest BCUT2D eigenvalue weighted by molar-refractivity contribution is 7.82. The molecule has 0 rings (SSSR count). The Labute approximate surface area is 57.2 Å². The lowest BCUT2D eigenvalue weighted by Gasteiger charge is -2.19. The van der Waals surface area contributed by atoms with Gasteiger partial charge >= 0.3 is 0 Å². The number of hydrogen-bond acceptors (Lipinski definition) is 3. The van der Waals surface area contributed by atoms with Crippen LogP contribution in [-0.4, -0.2) is 28.0 Å². The van der Waals surface area contributed by atoms with Crippen molar-refractivity contribution < 1.29 is 4.21 Å². The minimum absolute atomic E-state index is 0.372. The Morgan fingerprint density at radius 3 is 2.67 bits per heavy atom. The van der Waals surface area contributed by atoms with Crippen molar-refractivity contribution in [2.75, 3.05) is 19.3 Å². The summed E-state index contributed by atoms with van der Waals surface area (Å²) in [5, 5.41) is 10.2. The molecule has 5 heteroatoms. The molecule has 0 aliphatic rings. The van der Waals surface area contributed by atoms with E-state index in [1.54, 1.807) is 0 Å². The van der Waals surface area contributed by atoms with Crippen molar-refractivity contribution in [2.45, 2.75) is 6.42 Å². The molecular formula is C4H11N2O2S-. The lowest BCUT2D eigenvalue weighted by atomic mass is 10.5. The number of hydrogen-bond donors (Lipinski definition) is 1. The van der Waals surface area contributed by atoms with Crippen LogP contribution in [0.25, 0.3) is 0 Å². The average molecular weight is 151 g/mol. The SMILES string of the molecule is CN([O-])S(=O)CCCN. The van der Waals surface area contributed by atoms with E-state index in [0.717, 1.165) is 0 Å². The van der Waals surface area contributed by atoms with Gasteiger partial charge in [-0.2, -0.15) is 0 Å². The van der Waals surface area contributed by atoms with E-state index in [1.807, 2.05) is 0 Å². The van der Waals surface area contributed by atoms with Crippen molar-refractivity contribution in [3.63, 3.8) is 0 Å². The van der Waals surface area contributed by atoms with Gasteiger partial charge in [0.1, 0.15) is 0 Å². The quantitative estimate of drug-likeness (QED) is 0.547. The molecule has 56 valence electrons. The van der Waals surface area contributed by atoms with Gasteiger partial charge in [-0.05, 0) is 20.0 Å². The largest absolute Gasteiger partial charge is 0.774 e. The normalized spacial score (nSPS) is 14.2. The molecule has 0 fully saturated rings. The maximum absolute atomic E-state index is 10.6. The van der Waals surface area contributed by atoms with Crippen molar-refractivity contribution in [1.29, 1.82) is 0 Å². The smallest absolute Gasteiger partial charge is 0.0820 e. The summed E-state index contributed by atoms with van der Waals surface area (Å²) in [5.74, 6) is 0.372. The summed E-state index contributed by atoms with van der Waals surface area (Å²) in [5.41, 5.74) is 5.12. The molecule has 0 saturated heterocycles. The fourth-order valence-corrected chi connectivity index (χ4v) is 1.01. The monoisotopic (exact) mass is 151 g/mol. The van der Waals surface area contributed by atoms with Crippen LogP contribution in [0, 0.1) is 5.21 Å². The third kappa shape index (κ3) is 4.53. The summed E-state index contributed by atoms with van der Waals surface area (Å²) in [6.07, 6.45) is 0.638. The zero-order chi connectivity index (χ0) is 7.28. The van der Waals surface area contributed by atoms with E-state index in [9.17, 15) is 9.42 Å². The molecule has 0 aromatic rings. The topological polar surface area (TPSA) is 69.4 Å². The number of nitrogens with two attached hydrogens (primary N) is 1. The molecule has 1 atom stereocenters. The Morgan fingerprint density at radius 1 is 1.78 bits per heavy atom. The van der Waals surface area contributed by atoms with Crippen LogP contribution in [0.1, 0.15) is 6.42 Å². The summed E-state index contributed by atoms with van der Waals surface area (Å²) < 4.78 is 11.0. The van der Waals surface area contributed by atoms with Crippen LogP contribution in [0.5, 0.6) is 0 Å². The Balaban J connectivity index is 3.28. The molecule has 0 bridgehead atoms. The summed E-state index contributed by atoms with van der Waals surface area (Å²) in [7, 11) is -0.131. The first kappa shape index (κ1) is 9.03. The van der Waals surface area contributed by atoms with Crippen molar-refractivity contribution in [2.24, 2.45) is 5.73 Å². The van der Waals surface area contributed by atoms with Crippen LogP contribution in [0.15, 0.2) is 0 Å². The second kappa shape index (κ2) is 4.87. The first-order valence-corrected chi connectivity index (χ1v) is 3.95. The second-order valence-corrected chi connectivity index (χ2v) is 3.17. The summed E-state index contributed by atoms with van der Waals surface area (Å²) >= 11 is 0. The lowest BCUT2D eigenvalue weighted by Crippen LogP contribution is -2.18. The predicted molar refractivity (Wildman–Crippen MR) is 37.8 cm³/mol. The van der Waals surface area contributed by atoms with Gasteiger partial charge in [0.25, 0.3) is 0 Å². The lowest BCUT2D eigenvalue weighted by molar-refractivity contribution is 0.627. The summed E-state index contributed by atoms with van der Waals surface area (Å²) in [6.45, 7) is 0.486. The molecule has 0 aliphatic heterocycles. The average Bonchev–Trinajstić information content (AvgIpc) is 1.82. The third-order valence-corrected chi connectivity index (χ3v) is 2.02. The molecule has 0 saturated carbocycles. The molecule has 0 aliphatic carbocycles. The fourth-order valence-electron chi connectivity index (χ4n) is 0.335. The van der Waals surface area contributed by atoms with Gasteiger partial charge in [0.15, 0.2) is 0 Å². The zero-order valence-corrected chi connectivity index (χ0v) is 6.19. The third-order valence-electron chi connectivity index (χ3n) is 0.810. The number of nitrogens with zero attached hydrogens (tertiary/aromatic N) is 1. The van der Waals surface area contributed by atoms with Gasteiger partial charge in [-0.1, -0.05) is 0 Å². The van der Waals surface area contributed by atoms with Gasteiger partial charge < -0.3 is 15.4 Å². The highest BCUT2D eigenvalue weighted by atomic mass is 32.2. The van der Waals surface area contributed by atoms with E-state index in [0.29, 0.717) is 23.2 Å². The highest BCUT2D eigenvalue weighted by Crippen LogP contribution is 1.89. The van der Waals surface area contributed by atoms with Crippen LogP contribution in [0.2, 0.25) is 0 Å². The Morgan fingerprint density at radius 2 is 2.33 bits per heavy atom. The molecule has 0 aromatic heterocycles. The standard InChI is InChI=1S/C4H11N2O2S/c1-6(7)9(8)4-2-3-5/h2-5H2,1H3/q-1. The molecule has 0 heterocycles. The van der Waals surface area contributed by atoms with E-state index in [4.69, 9.17) is 5.73 Å². The predicted octanol–water partition coefficient (Wildman–Crippen LogP) is -0.571. The van der Waals surface area contributed by atoms with Crippen molar-refractivity contribution in [3.8, 4) is 0 Å². The summed E-state index contributed by atoms with van der Waals surface area (Å²) in [6, 6.07) is 0. The maximum atomic E-state index is 10.6. The number of rotatable bonds is 4. The Kier molecular flexibility index (Phi) is 4.88. The van der Waals surface area contributed by atoms with Gasteiger partial charge in [0, 0.05) is 5.75 Å². The maximum Gasteiger partial charge on any atom is 0.0820 e. The number of hydroxylamine groups is 1. The molecule has 9 heavy (non-hydrogen) atoms. The molecule has 2 N–H and O–H groups in total. The molecule has 1 unspecified atom stereocenters. The Hall–Kier alpha value is 0.0300. The second-order valence-electron chi connectivity index (χ2n) is 1.61. The minimum Gasteiger partial charge on any atom is -0.774 e. The van der Waals surface area contributed by atoms with Gasteiger partial charge in [-0.15, -0.1) is 0 Å². The van der Waals surface area contributed by atoms with Crippen LogP contribution >= 0.6 is 0 Å². The molecule has 4 nitrogen and oxygen atoms in total. The van der Waals surface area contributed by atoms with Gasteiger partial charge in [0.2, 0.25) is 0 Å². The van der Waals surface area contributed by atoms with Gasteiger partial charge in [-0.3, -0.25) is 0 Å². The van der Waals surface area contributed by atoms with Crippen LogP contribution < -0.4 is 5.73 Å². The summed E-state index contributed by atoms with van der Waals surface area (Å²) in [4.78, 5) is 0. The molecule has 0 spiro atoms. The van der Waals surface area contributed by atoms with Crippen LogP contribution in [-0.2, 0) is 11.0 Å². The fraction of sp³-hybridized carbons (Fsp3) is 1.00. The van der Waals surface area contributed by atoms with E-state index in [-0.39, 0.29) is 0 Å². The zero-order valence-electron chi connectivity index (χ0n) is 5.37. The van der Waals surface area contributed by atoms with Crippen LogP contribution in [0.3, 0.4) is 0 Å². The van der Waals surface area contributed by atoms with Gasteiger partial charge in [0.05, 0.1) is 11.0 Å². The van der Waals surface area contributed by atoms with Crippen molar-refractivity contribution in [1.82, 2.24) is 4.47 Å². The Bertz CT molecular complexity index is 96.6. The van der Waals surface area contributed by atoms with Crippen molar-refractivity contribution >= 4 is 11.0 Å². The van der Waals surface area contributed by atoms with E-state index in [1.165, 1.54) is 7.05 Å². The van der Waals surface area contributed by atoms with Gasteiger partial charge in [-0.25, -0.2) is 4.21 Å². The van der Waals surface area contributed by atoms with E-state index < -0.39 is 11.0 Å². The van der Waals surface area contributed by atoms with E-state index >= 15 is 0 Å². The first-order valence-electron chi connectivity index (χ1n) is 2.68. The van der Waals surface area contributed by atoms with E-state index in [2.05, 4.69) is 0 Å². The highest BCUT2D eigenvalue weighted by Gasteiger charge is 1.94. The molecule has 0 aromatic carbocycles. The first-order chi connectivity index (χ1) is 4.18. The minimum atomic E-state index is -1.37.